The van der Waals surface area contributed by atoms with Gasteiger partial charge >= 0.3 is 0 Å². The van der Waals surface area contributed by atoms with Gasteiger partial charge in [-0.1, -0.05) is 6.92 Å². The molecule has 1 spiro atoms. The van der Waals surface area contributed by atoms with E-state index < -0.39 is 0 Å². The van der Waals surface area contributed by atoms with Crippen molar-refractivity contribution in [2.75, 3.05) is 32.8 Å². The second kappa shape index (κ2) is 8.12. The summed E-state index contributed by atoms with van der Waals surface area (Å²) < 4.78 is 8.19. The monoisotopic (exact) mass is 388 g/mol. The van der Waals surface area contributed by atoms with Crippen LogP contribution in [0.2, 0.25) is 0 Å². The Morgan fingerprint density at radius 2 is 2.26 bits per heavy atom. The van der Waals surface area contributed by atoms with Crippen LogP contribution in [0.5, 0.6) is 0 Å². The minimum atomic E-state index is -0.164. The number of rotatable bonds is 6. The number of fused-ring (bicyclic) bond motifs is 2. The Balaban J connectivity index is 1.38. The van der Waals surface area contributed by atoms with Crippen molar-refractivity contribution in [3.63, 3.8) is 0 Å². The molecule has 2 aliphatic rings. The van der Waals surface area contributed by atoms with Crippen LogP contribution in [0.4, 0.5) is 0 Å². The van der Waals surface area contributed by atoms with Gasteiger partial charge in [0.15, 0.2) is 0 Å². The summed E-state index contributed by atoms with van der Waals surface area (Å²) in [4.78, 5) is 17.2. The number of hydrogen-bond acceptors (Lipinski definition) is 5. The summed E-state index contributed by atoms with van der Waals surface area (Å²) in [6.45, 7) is 7.70. The number of ether oxygens (including phenoxy) is 1. The molecule has 1 amide bonds. The van der Waals surface area contributed by atoms with Gasteiger partial charge in [0.05, 0.1) is 11.5 Å². The molecule has 1 fully saturated rings. The zero-order chi connectivity index (χ0) is 18.7. The van der Waals surface area contributed by atoms with E-state index in [0.717, 1.165) is 63.3 Å². The van der Waals surface area contributed by atoms with Crippen molar-refractivity contribution < 1.29 is 9.53 Å². The first-order valence-corrected chi connectivity index (χ1v) is 10.8. The van der Waals surface area contributed by atoms with Crippen LogP contribution in [0.15, 0.2) is 24.5 Å². The van der Waals surface area contributed by atoms with E-state index in [1.807, 2.05) is 16.9 Å². The van der Waals surface area contributed by atoms with Gasteiger partial charge in [-0.15, -0.1) is 11.3 Å². The summed E-state index contributed by atoms with van der Waals surface area (Å²) in [5, 5.41) is 7.24. The number of piperidine rings is 1. The van der Waals surface area contributed by atoms with E-state index in [-0.39, 0.29) is 11.5 Å². The summed E-state index contributed by atoms with van der Waals surface area (Å²) in [6, 6.07) is 4.01. The van der Waals surface area contributed by atoms with Crippen LogP contribution in [0.3, 0.4) is 0 Å². The van der Waals surface area contributed by atoms with E-state index in [0.29, 0.717) is 6.54 Å². The van der Waals surface area contributed by atoms with Gasteiger partial charge < -0.3 is 15.0 Å². The Hall–Kier alpha value is -1.70. The summed E-state index contributed by atoms with van der Waals surface area (Å²) in [6.07, 6.45) is 7.56. The summed E-state index contributed by atoms with van der Waals surface area (Å²) >= 11 is 1.64. The number of aromatic nitrogens is 2. The lowest BCUT2D eigenvalue weighted by atomic mass is 9.85. The quantitative estimate of drug-likeness (QED) is 0.773. The highest BCUT2D eigenvalue weighted by Gasteiger charge is 2.42. The standard InChI is InChI=1S/C20H28N4O2S/c1-2-23-12-6-20(7-13-23)18-16(5-14-26-20)15-17(27-18)19(25)21-8-3-10-24-11-4-9-22-24/h4,9,11,15H,2-3,5-8,10,12-14H2,1H3,(H,21,25). The smallest absolute Gasteiger partial charge is 0.261 e. The van der Waals surface area contributed by atoms with Crippen molar-refractivity contribution in [1.82, 2.24) is 20.0 Å². The van der Waals surface area contributed by atoms with Crippen molar-refractivity contribution in [2.24, 2.45) is 0 Å². The minimum absolute atomic E-state index is 0.0380. The molecule has 0 aromatic carbocycles. The molecule has 1 saturated heterocycles. The fraction of sp³-hybridized carbons (Fsp3) is 0.600. The van der Waals surface area contributed by atoms with Crippen LogP contribution in [0, 0.1) is 0 Å². The molecule has 0 atom stereocenters. The third-order valence-electron chi connectivity index (χ3n) is 5.72. The SMILES string of the molecule is CCN1CCC2(CC1)OCCc1cc(C(=O)NCCCn3cccn3)sc12. The molecule has 0 aliphatic carbocycles. The van der Waals surface area contributed by atoms with Gasteiger partial charge in [-0.05, 0) is 49.9 Å². The number of aryl methyl sites for hydroxylation is 1. The van der Waals surface area contributed by atoms with Crippen LogP contribution < -0.4 is 5.32 Å². The van der Waals surface area contributed by atoms with Crippen LogP contribution >= 0.6 is 11.3 Å². The Bertz CT molecular complexity index is 763. The van der Waals surface area contributed by atoms with E-state index >= 15 is 0 Å². The van der Waals surface area contributed by atoms with E-state index in [9.17, 15) is 4.79 Å². The molecule has 1 N–H and O–H groups in total. The molecule has 2 aromatic rings. The Morgan fingerprint density at radius 3 is 3.00 bits per heavy atom. The predicted molar refractivity (Wildman–Crippen MR) is 106 cm³/mol. The maximum absolute atomic E-state index is 12.6. The van der Waals surface area contributed by atoms with Gasteiger partial charge in [0, 0.05) is 43.4 Å². The molecule has 2 aromatic heterocycles. The van der Waals surface area contributed by atoms with Crippen LogP contribution in [-0.2, 0) is 23.3 Å². The molecule has 2 aliphatic heterocycles. The molecule has 0 unspecified atom stereocenters. The Labute approximate surface area is 164 Å². The highest BCUT2D eigenvalue weighted by Crippen LogP contribution is 2.45. The zero-order valence-corrected chi connectivity index (χ0v) is 16.8. The largest absolute Gasteiger partial charge is 0.369 e. The number of nitrogens with zero attached hydrogens (tertiary/aromatic N) is 3. The lowest BCUT2D eigenvalue weighted by molar-refractivity contribution is -0.0944. The lowest BCUT2D eigenvalue weighted by Crippen LogP contribution is -2.45. The van der Waals surface area contributed by atoms with Gasteiger partial charge in [0.25, 0.3) is 5.91 Å². The molecular formula is C20H28N4O2S. The molecule has 4 rings (SSSR count). The van der Waals surface area contributed by atoms with Crippen molar-refractivity contribution >= 4 is 17.2 Å². The Kier molecular flexibility index (Phi) is 5.61. The van der Waals surface area contributed by atoms with Crippen LogP contribution in [-0.4, -0.2) is 53.4 Å². The fourth-order valence-electron chi connectivity index (χ4n) is 4.10. The second-order valence-corrected chi connectivity index (χ2v) is 8.42. The number of carbonyl (C=O) groups excluding carboxylic acids is 1. The molecule has 146 valence electrons. The number of amides is 1. The maximum atomic E-state index is 12.6. The summed E-state index contributed by atoms with van der Waals surface area (Å²) in [5.74, 6) is 0.0380. The molecule has 7 heteroatoms. The first kappa shape index (κ1) is 18.7. The van der Waals surface area contributed by atoms with Crippen molar-refractivity contribution in [2.45, 2.75) is 44.8 Å². The lowest BCUT2D eigenvalue weighted by Gasteiger charge is -2.43. The second-order valence-electron chi connectivity index (χ2n) is 7.37. The third-order valence-corrected chi connectivity index (χ3v) is 7.08. The molecule has 6 nitrogen and oxygen atoms in total. The molecule has 0 saturated carbocycles. The normalized spacial score (nSPS) is 19.1. The minimum Gasteiger partial charge on any atom is -0.369 e. The van der Waals surface area contributed by atoms with Crippen molar-refractivity contribution in [3.05, 3.63) is 39.8 Å². The first-order chi connectivity index (χ1) is 13.2. The molecule has 27 heavy (non-hydrogen) atoms. The number of thiophene rings is 1. The fourth-order valence-corrected chi connectivity index (χ4v) is 5.43. The number of likely N-dealkylation sites (tertiary alicyclic amines) is 1. The maximum Gasteiger partial charge on any atom is 0.261 e. The molecule has 4 heterocycles. The molecular weight excluding hydrogens is 360 g/mol. The van der Waals surface area contributed by atoms with Crippen molar-refractivity contribution in [3.8, 4) is 0 Å². The first-order valence-electron chi connectivity index (χ1n) is 9.95. The highest BCUT2D eigenvalue weighted by atomic mass is 32.1. The summed E-state index contributed by atoms with van der Waals surface area (Å²) in [7, 11) is 0. The van der Waals surface area contributed by atoms with Gasteiger partial charge in [0.2, 0.25) is 0 Å². The van der Waals surface area contributed by atoms with E-state index in [1.165, 1.54) is 10.4 Å². The average molecular weight is 389 g/mol. The number of hydrogen-bond donors (Lipinski definition) is 1. The molecule has 0 bridgehead atoms. The highest BCUT2D eigenvalue weighted by molar-refractivity contribution is 7.14. The van der Waals surface area contributed by atoms with Gasteiger partial charge in [-0.25, -0.2) is 0 Å². The zero-order valence-electron chi connectivity index (χ0n) is 15.9. The van der Waals surface area contributed by atoms with Crippen molar-refractivity contribution in [1.29, 1.82) is 0 Å². The van der Waals surface area contributed by atoms with E-state index in [1.54, 1.807) is 17.5 Å². The average Bonchev–Trinajstić information content (AvgIpc) is 3.36. The topological polar surface area (TPSA) is 59.4 Å². The molecule has 0 radical (unpaired) electrons. The third kappa shape index (κ3) is 3.95. The van der Waals surface area contributed by atoms with Crippen LogP contribution in [0.1, 0.15) is 46.3 Å². The van der Waals surface area contributed by atoms with E-state index in [4.69, 9.17) is 4.74 Å². The number of carbonyl (C=O) groups is 1. The van der Waals surface area contributed by atoms with Crippen LogP contribution in [0.25, 0.3) is 0 Å². The summed E-state index contributed by atoms with van der Waals surface area (Å²) in [5.41, 5.74) is 1.15. The Morgan fingerprint density at radius 1 is 1.41 bits per heavy atom. The predicted octanol–water partition coefficient (Wildman–Crippen LogP) is 2.65. The number of nitrogens with one attached hydrogen (secondary N) is 1. The van der Waals surface area contributed by atoms with Gasteiger partial charge in [0.1, 0.15) is 5.60 Å². The van der Waals surface area contributed by atoms with Gasteiger partial charge in [-0.3, -0.25) is 9.48 Å². The van der Waals surface area contributed by atoms with E-state index in [2.05, 4.69) is 28.3 Å². The van der Waals surface area contributed by atoms with Gasteiger partial charge in [-0.2, -0.15) is 5.10 Å².